The van der Waals surface area contributed by atoms with E-state index in [9.17, 15) is 0 Å². The van der Waals surface area contributed by atoms with Gasteiger partial charge in [0.2, 0.25) is 0 Å². The van der Waals surface area contributed by atoms with Gasteiger partial charge >= 0.3 is 0 Å². The van der Waals surface area contributed by atoms with Crippen LogP contribution in [0.1, 0.15) is 51.9 Å². The minimum atomic E-state index is 0.767. The highest BCUT2D eigenvalue weighted by atomic mass is 14.9. The summed E-state index contributed by atoms with van der Waals surface area (Å²) < 4.78 is 0. The minimum Gasteiger partial charge on any atom is -0.314 e. The Labute approximate surface area is 112 Å². The third-order valence-corrected chi connectivity index (χ3v) is 5.91. The molecule has 0 radical (unpaired) electrons. The lowest BCUT2D eigenvalue weighted by molar-refractivity contribution is -0.0525. The Morgan fingerprint density at radius 2 is 1.72 bits per heavy atom. The van der Waals surface area contributed by atoms with Crippen molar-refractivity contribution in [3.8, 4) is 0 Å². The molecule has 0 aromatic rings. The monoisotopic (exact) mass is 247 g/mol. The second-order valence-electron chi connectivity index (χ2n) is 7.04. The fraction of sp³-hybridized carbons (Fsp3) is 0.882. The molecule has 18 heavy (non-hydrogen) atoms. The van der Waals surface area contributed by atoms with Crippen molar-refractivity contribution in [3.63, 3.8) is 0 Å². The van der Waals surface area contributed by atoms with Crippen LogP contribution in [-0.4, -0.2) is 12.6 Å². The molecule has 4 rings (SSSR count). The normalized spacial score (nSPS) is 43.1. The third kappa shape index (κ3) is 2.27. The predicted molar refractivity (Wildman–Crippen MR) is 77.4 cm³/mol. The molecule has 4 bridgehead atoms. The van der Waals surface area contributed by atoms with Gasteiger partial charge in [-0.15, -0.1) is 6.58 Å². The van der Waals surface area contributed by atoms with Gasteiger partial charge < -0.3 is 5.32 Å². The van der Waals surface area contributed by atoms with Crippen LogP contribution < -0.4 is 5.32 Å². The van der Waals surface area contributed by atoms with E-state index in [4.69, 9.17) is 0 Å². The molecular formula is C17H29N. The van der Waals surface area contributed by atoms with Crippen LogP contribution in [0.5, 0.6) is 0 Å². The van der Waals surface area contributed by atoms with E-state index in [1.54, 1.807) is 32.1 Å². The molecule has 1 nitrogen and oxygen atoms in total. The van der Waals surface area contributed by atoms with E-state index in [0.717, 1.165) is 42.2 Å². The van der Waals surface area contributed by atoms with Crippen LogP contribution in [0, 0.1) is 29.6 Å². The molecule has 0 aromatic carbocycles. The first kappa shape index (κ1) is 12.7. The lowest BCUT2D eigenvalue weighted by Gasteiger charge is -2.56. The zero-order valence-electron chi connectivity index (χ0n) is 11.9. The standard InChI is InChI=1S/C17H29N/c1-3-5-6-16(18-4-2)17-14-8-12-7-13(10-14)11-15(17)9-12/h3,12-18H,1,4-11H2,2H3. The molecule has 1 N–H and O–H groups in total. The Kier molecular flexibility index (Phi) is 3.79. The number of rotatable bonds is 6. The lowest BCUT2D eigenvalue weighted by atomic mass is 9.50. The maximum absolute atomic E-state index is 3.90. The van der Waals surface area contributed by atoms with Gasteiger partial charge in [-0.3, -0.25) is 0 Å². The second-order valence-corrected chi connectivity index (χ2v) is 7.04. The van der Waals surface area contributed by atoms with Crippen LogP contribution in [0.4, 0.5) is 0 Å². The van der Waals surface area contributed by atoms with E-state index in [1.807, 2.05) is 0 Å². The number of nitrogens with one attached hydrogen (secondary N) is 1. The summed E-state index contributed by atoms with van der Waals surface area (Å²) in [6, 6.07) is 0.767. The van der Waals surface area contributed by atoms with Crippen LogP contribution in [0.2, 0.25) is 0 Å². The van der Waals surface area contributed by atoms with Gasteiger partial charge in [-0.05, 0) is 81.1 Å². The Morgan fingerprint density at radius 3 is 2.22 bits per heavy atom. The van der Waals surface area contributed by atoms with E-state index in [1.165, 1.54) is 12.8 Å². The molecule has 1 unspecified atom stereocenters. The average molecular weight is 247 g/mol. The van der Waals surface area contributed by atoms with Gasteiger partial charge in [0.05, 0.1) is 0 Å². The first-order valence-corrected chi connectivity index (χ1v) is 8.16. The van der Waals surface area contributed by atoms with Crippen molar-refractivity contribution in [3.05, 3.63) is 12.7 Å². The first-order valence-electron chi connectivity index (χ1n) is 8.16. The largest absolute Gasteiger partial charge is 0.314 e. The summed E-state index contributed by atoms with van der Waals surface area (Å²) in [5.74, 6) is 5.29. The van der Waals surface area contributed by atoms with Crippen molar-refractivity contribution in [1.29, 1.82) is 0 Å². The molecule has 4 saturated carbocycles. The van der Waals surface area contributed by atoms with Gasteiger partial charge in [0, 0.05) is 6.04 Å². The number of allylic oxidation sites excluding steroid dienone is 1. The van der Waals surface area contributed by atoms with Crippen LogP contribution in [0.3, 0.4) is 0 Å². The fourth-order valence-electron chi connectivity index (χ4n) is 5.61. The summed E-state index contributed by atoms with van der Waals surface area (Å²) in [5, 5.41) is 3.80. The van der Waals surface area contributed by atoms with Crippen LogP contribution in [0.15, 0.2) is 12.7 Å². The van der Waals surface area contributed by atoms with Gasteiger partial charge in [0.1, 0.15) is 0 Å². The number of hydrogen-bond acceptors (Lipinski definition) is 1. The van der Waals surface area contributed by atoms with E-state index >= 15 is 0 Å². The molecule has 4 fully saturated rings. The molecule has 102 valence electrons. The SMILES string of the molecule is C=CCCC(NCC)C1C2CC3CC(C2)CC1C3. The van der Waals surface area contributed by atoms with Gasteiger partial charge in [-0.1, -0.05) is 13.0 Å². The van der Waals surface area contributed by atoms with Gasteiger partial charge in [0.15, 0.2) is 0 Å². The van der Waals surface area contributed by atoms with Crippen molar-refractivity contribution in [2.24, 2.45) is 29.6 Å². The van der Waals surface area contributed by atoms with E-state index in [-0.39, 0.29) is 0 Å². The molecule has 4 aliphatic carbocycles. The lowest BCUT2D eigenvalue weighted by Crippen LogP contribution is -2.53. The Bertz CT molecular complexity index is 268. The zero-order chi connectivity index (χ0) is 12.5. The van der Waals surface area contributed by atoms with Gasteiger partial charge in [-0.25, -0.2) is 0 Å². The molecule has 1 atom stereocenters. The summed E-state index contributed by atoms with van der Waals surface area (Å²) in [7, 11) is 0. The topological polar surface area (TPSA) is 12.0 Å². The zero-order valence-corrected chi connectivity index (χ0v) is 11.9. The maximum atomic E-state index is 3.90. The predicted octanol–water partition coefficient (Wildman–Crippen LogP) is 4.00. The summed E-state index contributed by atoms with van der Waals surface area (Å²) >= 11 is 0. The summed E-state index contributed by atoms with van der Waals surface area (Å²) in [6.07, 6.45) is 12.4. The molecule has 1 heteroatoms. The Balaban J connectivity index is 1.71. The van der Waals surface area contributed by atoms with Crippen LogP contribution >= 0.6 is 0 Å². The molecule has 0 saturated heterocycles. The average Bonchev–Trinajstić information content (AvgIpc) is 2.34. The molecule has 0 amide bonds. The Morgan fingerprint density at radius 1 is 1.11 bits per heavy atom. The van der Waals surface area contributed by atoms with Gasteiger partial charge in [0.25, 0.3) is 0 Å². The van der Waals surface area contributed by atoms with Crippen molar-refractivity contribution < 1.29 is 0 Å². The molecule has 4 aliphatic rings. The number of hydrogen-bond donors (Lipinski definition) is 1. The maximum Gasteiger partial charge on any atom is 0.0103 e. The Hall–Kier alpha value is -0.300. The molecule has 0 aliphatic heterocycles. The summed E-state index contributed by atoms with van der Waals surface area (Å²) in [4.78, 5) is 0. The van der Waals surface area contributed by atoms with Crippen LogP contribution in [0.25, 0.3) is 0 Å². The van der Waals surface area contributed by atoms with E-state index in [0.29, 0.717) is 0 Å². The molecule has 0 aromatic heterocycles. The highest BCUT2D eigenvalue weighted by Crippen LogP contribution is 2.57. The van der Waals surface area contributed by atoms with Crippen molar-refractivity contribution in [2.75, 3.05) is 6.54 Å². The highest BCUT2D eigenvalue weighted by molar-refractivity contribution is 5.01. The van der Waals surface area contributed by atoms with Crippen LogP contribution in [-0.2, 0) is 0 Å². The van der Waals surface area contributed by atoms with E-state index < -0.39 is 0 Å². The smallest absolute Gasteiger partial charge is 0.0103 e. The summed E-state index contributed by atoms with van der Waals surface area (Å²) in [5.41, 5.74) is 0. The van der Waals surface area contributed by atoms with E-state index in [2.05, 4.69) is 24.9 Å². The van der Waals surface area contributed by atoms with Gasteiger partial charge in [-0.2, -0.15) is 0 Å². The molecule has 0 spiro atoms. The quantitative estimate of drug-likeness (QED) is 0.699. The minimum absolute atomic E-state index is 0.767. The van der Waals surface area contributed by atoms with Crippen molar-refractivity contribution in [1.82, 2.24) is 5.32 Å². The second kappa shape index (κ2) is 5.36. The molecular weight excluding hydrogens is 218 g/mol. The molecule has 0 heterocycles. The third-order valence-electron chi connectivity index (χ3n) is 5.91. The summed E-state index contributed by atoms with van der Waals surface area (Å²) in [6.45, 7) is 7.29. The highest BCUT2D eigenvalue weighted by Gasteiger charge is 2.50. The van der Waals surface area contributed by atoms with Crippen molar-refractivity contribution in [2.45, 2.75) is 57.9 Å². The fourth-order valence-corrected chi connectivity index (χ4v) is 5.61. The first-order chi connectivity index (χ1) is 8.81. The van der Waals surface area contributed by atoms with Crippen molar-refractivity contribution >= 4 is 0 Å².